The summed E-state index contributed by atoms with van der Waals surface area (Å²) in [6.07, 6.45) is 0. The van der Waals surface area contributed by atoms with E-state index in [0.29, 0.717) is 0 Å². The van der Waals surface area contributed by atoms with Gasteiger partial charge in [0, 0.05) is 5.56 Å². The zero-order valence-corrected chi connectivity index (χ0v) is 8.03. The van der Waals surface area contributed by atoms with E-state index in [1.165, 1.54) is 7.11 Å². The molecule has 0 aliphatic heterocycles. The van der Waals surface area contributed by atoms with Crippen molar-refractivity contribution in [2.75, 3.05) is 7.11 Å². The van der Waals surface area contributed by atoms with Crippen LogP contribution in [-0.2, 0) is 4.84 Å². The highest BCUT2D eigenvalue weighted by atomic mass is 16.6. The molecule has 1 aromatic carbocycles. The molecule has 0 bridgehead atoms. The molecule has 0 radical (unpaired) electrons. The van der Waals surface area contributed by atoms with Gasteiger partial charge < -0.3 is 9.94 Å². The number of benzene rings is 1. The van der Waals surface area contributed by atoms with Gasteiger partial charge in [-0.05, 0) is 25.5 Å². The predicted octanol–water partition coefficient (Wildman–Crippen LogP) is 2.07. The third-order valence-electron chi connectivity index (χ3n) is 1.86. The summed E-state index contributed by atoms with van der Waals surface area (Å²) in [4.78, 5) is 4.63. The third kappa shape index (κ3) is 2.21. The van der Waals surface area contributed by atoms with Gasteiger partial charge >= 0.3 is 0 Å². The summed E-state index contributed by atoms with van der Waals surface area (Å²) < 4.78 is 0. The topological polar surface area (TPSA) is 41.8 Å². The molecule has 3 heteroatoms. The van der Waals surface area contributed by atoms with Crippen LogP contribution < -0.4 is 0 Å². The summed E-state index contributed by atoms with van der Waals surface area (Å²) in [7, 11) is 1.50. The van der Waals surface area contributed by atoms with Crippen molar-refractivity contribution in [3.05, 3.63) is 29.3 Å². The molecular formula is C10H13NO2. The Labute approximate surface area is 77.6 Å². The smallest absolute Gasteiger partial charge is 0.119 e. The van der Waals surface area contributed by atoms with Gasteiger partial charge in [-0.25, -0.2) is 0 Å². The maximum absolute atomic E-state index is 9.42. The molecule has 0 aliphatic carbocycles. The summed E-state index contributed by atoms with van der Waals surface area (Å²) in [6.45, 7) is 3.68. The van der Waals surface area contributed by atoms with Crippen LogP contribution in [0.3, 0.4) is 0 Å². The summed E-state index contributed by atoms with van der Waals surface area (Å²) in [5.74, 6) is 0.281. The summed E-state index contributed by atoms with van der Waals surface area (Å²) in [5.41, 5.74) is 2.47. The van der Waals surface area contributed by atoms with Crippen LogP contribution in [0, 0.1) is 6.92 Å². The Bertz CT molecular complexity index is 332. The molecule has 0 heterocycles. The first kappa shape index (κ1) is 9.58. The lowest BCUT2D eigenvalue weighted by Crippen LogP contribution is -1.95. The molecule has 0 amide bonds. The molecule has 0 spiro atoms. The maximum atomic E-state index is 9.42. The van der Waals surface area contributed by atoms with Crippen molar-refractivity contribution in [3.8, 4) is 5.75 Å². The first-order valence-corrected chi connectivity index (χ1v) is 4.03. The average Bonchev–Trinajstić information content (AvgIpc) is 2.10. The highest BCUT2D eigenvalue weighted by Gasteiger charge is 2.01. The van der Waals surface area contributed by atoms with Crippen molar-refractivity contribution in [1.29, 1.82) is 0 Å². The first-order chi connectivity index (χ1) is 6.15. The Balaban J connectivity index is 3.04. The molecule has 13 heavy (non-hydrogen) atoms. The van der Waals surface area contributed by atoms with Gasteiger partial charge in [-0.3, -0.25) is 0 Å². The number of hydrogen-bond donors (Lipinski definition) is 1. The number of phenolic OH excluding ortho intramolecular Hbond substituents is 1. The lowest BCUT2D eigenvalue weighted by atomic mass is 10.1. The second kappa shape index (κ2) is 3.94. The monoisotopic (exact) mass is 179 g/mol. The molecule has 1 N–H and O–H groups in total. The standard InChI is InChI=1S/C10H13NO2/c1-7-4-5-9(6-10(7)12)8(2)11-13-3/h4-6,12H,1-3H3. The Morgan fingerprint density at radius 1 is 1.46 bits per heavy atom. The highest BCUT2D eigenvalue weighted by molar-refractivity contribution is 5.98. The molecule has 0 saturated carbocycles. The van der Waals surface area contributed by atoms with Gasteiger partial charge in [0.15, 0.2) is 0 Å². The van der Waals surface area contributed by atoms with E-state index in [0.717, 1.165) is 16.8 Å². The number of phenols is 1. The van der Waals surface area contributed by atoms with Crippen LogP contribution in [0.25, 0.3) is 0 Å². The summed E-state index contributed by atoms with van der Waals surface area (Å²) >= 11 is 0. The number of rotatable bonds is 2. The van der Waals surface area contributed by atoms with Gasteiger partial charge in [-0.15, -0.1) is 0 Å². The lowest BCUT2D eigenvalue weighted by Gasteiger charge is -2.02. The van der Waals surface area contributed by atoms with Gasteiger partial charge in [0.2, 0.25) is 0 Å². The Morgan fingerprint density at radius 3 is 2.69 bits per heavy atom. The molecule has 0 aromatic heterocycles. The fourth-order valence-electron chi connectivity index (χ4n) is 1.02. The number of nitrogens with zero attached hydrogens (tertiary/aromatic N) is 1. The number of aromatic hydroxyl groups is 1. The quantitative estimate of drug-likeness (QED) is 0.557. The van der Waals surface area contributed by atoms with E-state index in [1.54, 1.807) is 6.07 Å². The first-order valence-electron chi connectivity index (χ1n) is 4.03. The van der Waals surface area contributed by atoms with Gasteiger partial charge in [0.25, 0.3) is 0 Å². The molecule has 0 aliphatic rings. The third-order valence-corrected chi connectivity index (χ3v) is 1.86. The largest absolute Gasteiger partial charge is 0.508 e. The predicted molar refractivity (Wildman–Crippen MR) is 52.1 cm³/mol. The molecular weight excluding hydrogens is 166 g/mol. The Hall–Kier alpha value is -1.51. The normalized spacial score (nSPS) is 11.5. The summed E-state index contributed by atoms with van der Waals surface area (Å²) in [6, 6.07) is 5.42. The molecule has 1 rings (SSSR count). The lowest BCUT2D eigenvalue weighted by molar-refractivity contribution is 0.213. The molecule has 0 unspecified atom stereocenters. The van der Waals surface area contributed by atoms with E-state index in [2.05, 4.69) is 9.99 Å². The van der Waals surface area contributed by atoms with E-state index < -0.39 is 0 Å². The minimum absolute atomic E-state index is 0.281. The number of oxime groups is 1. The fourth-order valence-corrected chi connectivity index (χ4v) is 1.02. The van der Waals surface area contributed by atoms with Gasteiger partial charge in [0.1, 0.15) is 12.9 Å². The molecule has 0 fully saturated rings. The van der Waals surface area contributed by atoms with Crippen molar-refractivity contribution in [1.82, 2.24) is 0 Å². The second-order valence-corrected chi connectivity index (χ2v) is 2.86. The molecule has 70 valence electrons. The Kier molecular flexibility index (Phi) is 2.90. The van der Waals surface area contributed by atoms with Crippen molar-refractivity contribution in [2.24, 2.45) is 5.16 Å². The van der Waals surface area contributed by atoms with E-state index in [-0.39, 0.29) is 5.75 Å². The molecule has 0 saturated heterocycles. The zero-order chi connectivity index (χ0) is 9.84. The van der Waals surface area contributed by atoms with Gasteiger partial charge in [-0.2, -0.15) is 0 Å². The van der Waals surface area contributed by atoms with Crippen LogP contribution in [0.4, 0.5) is 0 Å². The van der Waals surface area contributed by atoms with Crippen LogP contribution in [0.5, 0.6) is 5.75 Å². The van der Waals surface area contributed by atoms with Crippen LogP contribution in [-0.4, -0.2) is 17.9 Å². The van der Waals surface area contributed by atoms with E-state index in [9.17, 15) is 5.11 Å². The number of hydrogen-bond acceptors (Lipinski definition) is 3. The molecule has 0 atom stereocenters. The second-order valence-electron chi connectivity index (χ2n) is 2.86. The molecule has 1 aromatic rings. The van der Waals surface area contributed by atoms with E-state index in [4.69, 9.17) is 0 Å². The minimum Gasteiger partial charge on any atom is -0.508 e. The maximum Gasteiger partial charge on any atom is 0.119 e. The SMILES string of the molecule is CON=C(C)c1ccc(C)c(O)c1. The van der Waals surface area contributed by atoms with Crippen molar-refractivity contribution < 1.29 is 9.94 Å². The van der Waals surface area contributed by atoms with Gasteiger partial charge in [0.05, 0.1) is 5.71 Å². The zero-order valence-electron chi connectivity index (χ0n) is 8.03. The van der Waals surface area contributed by atoms with Crippen molar-refractivity contribution >= 4 is 5.71 Å². The van der Waals surface area contributed by atoms with Crippen molar-refractivity contribution in [2.45, 2.75) is 13.8 Å². The molecule has 3 nitrogen and oxygen atoms in total. The van der Waals surface area contributed by atoms with Crippen LogP contribution in [0.2, 0.25) is 0 Å². The van der Waals surface area contributed by atoms with Crippen molar-refractivity contribution in [3.63, 3.8) is 0 Å². The van der Waals surface area contributed by atoms with Crippen LogP contribution in [0.1, 0.15) is 18.1 Å². The highest BCUT2D eigenvalue weighted by Crippen LogP contribution is 2.17. The van der Waals surface area contributed by atoms with E-state index >= 15 is 0 Å². The Morgan fingerprint density at radius 2 is 2.15 bits per heavy atom. The van der Waals surface area contributed by atoms with E-state index in [1.807, 2.05) is 26.0 Å². The summed E-state index contributed by atoms with van der Waals surface area (Å²) in [5, 5.41) is 13.2. The van der Waals surface area contributed by atoms with Gasteiger partial charge in [-0.1, -0.05) is 17.3 Å². The van der Waals surface area contributed by atoms with Crippen LogP contribution >= 0.6 is 0 Å². The average molecular weight is 179 g/mol. The minimum atomic E-state index is 0.281. The number of aryl methyl sites for hydroxylation is 1. The van der Waals surface area contributed by atoms with Crippen LogP contribution in [0.15, 0.2) is 23.4 Å². The fraction of sp³-hybridized carbons (Fsp3) is 0.300.